The van der Waals surface area contributed by atoms with Crippen molar-refractivity contribution < 1.29 is 28.4 Å². The third-order valence-electron chi connectivity index (χ3n) is 4.29. The van der Waals surface area contributed by atoms with E-state index >= 15 is 0 Å². The van der Waals surface area contributed by atoms with Crippen LogP contribution in [0.25, 0.3) is 0 Å². The molecule has 1 aliphatic heterocycles. The van der Waals surface area contributed by atoms with E-state index < -0.39 is 41.0 Å². The van der Waals surface area contributed by atoms with Crippen LogP contribution in [0, 0.1) is 15.9 Å². The number of thiophene rings is 1. The Bertz CT molecular complexity index is 949. The molecule has 0 saturated carbocycles. The zero-order chi connectivity index (χ0) is 21.0. The van der Waals surface area contributed by atoms with E-state index in [0.29, 0.717) is 30.3 Å². The second kappa shape index (κ2) is 8.78. The molecular formula is C18H16FN3O6S. The van der Waals surface area contributed by atoms with Gasteiger partial charge < -0.3 is 15.0 Å². The van der Waals surface area contributed by atoms with Gasteiger partial charge in [0.2, 0.25) is 0 Å². The molecule has 1 N–H and O–H groups in total. The first-order valence-electron chi connectivity index (χ1n) is 8.61. The average molecular weight is 421 g/mol. The number of hydrogen-bond acceptors (Lipinski definition) is 7. The molecule has 152 valence electrons. The molecule has 0 spiro atoms. The minimum Gasteiger partial charge on any atom is -0.454 e. The predicted octanol–water partition coefficient (Wildman–Crippen LogP) is 2.58. The third-order valence-corrected chi connectivity index (χ3v) is 5.15. The van der Waals surface area contributed by atoms with Gasteiger partial charge in [0.1, 0.15) is 17.5 Å². The van der Waals surface area contributed by atoms with Crippen molar-refractivity contribution in [2.75, 3.05) is 18.5 Å². The molecule has 1 fully saturated rings. The maximum absolute atomic E-state index is 13.2. The summed E-state index contributed by atoms with van der Waals surface area (Å²) in [5.74, 6) is -2.64. The Hall–Kier alpha value is -3.34. The van der Waals surface area contributed by atoms with Gasteiger partial charge in [0.25, 0.3) is 17.5 Å². The van der Waals surface area contributed by atoms with Gasteiger partial charge in [0.15, 0.2) is 6.61 Å². The van der Waals surface area contributed by atoms with E-state index in [9.17, 15) is 28.9 Å². The summed E-state index contributed by atoms with van der Waals surface area (Å²) >= 11 is 1.27. The van der Waals surface area contributed by atoms with Crippen LogP contribution in [0.5, 0.6) is 0 Å². The number of nitro benzene ring substituents is 1. The fourth-order valence-electron chi connectivity index (χ4n) is 2.98. The molecule has 2 heterocycles. The molecule has 1 aliphatic rings. The Kier molecular flexibility index (Phi) is 6.17. The Morgan fingerprint density at radius 1 is 1.34 bits per heavy atom. The van der Waals surface area contributed by atoms with Gasteiger partial charge in [-0.2, -0.15) is 0 Å². The number of benzene rings is 1. The molecule has 3 rings (SSSR count). The number of hydrogen-bond donors (Lipinski definition) is 1. The maximum Gasteiger partial charge on any atom is 0.329 e. The summed E-state index contributed by atoms with van der Waals surface area (Å²) in [6, 6.07) is 5.29. The molecule has 0 bridgehead atoms. The number of rotatable bonds is 6. The molecule has 1 atom stereocenters. The van der Waals surface area contributed by atoms with Gasteiger partial charge >= 0.3 is 5.97 Å². The summed E-state index contributed by atoms with van der Waals surface area (Å²) in [5, 5.41) is 14.9. The highest BCUT2D eigenvalue weighted by atomic mass is 32.1. The summed E-state index contributed by atoms with van der Waals surface area (Å²) in [6.07, 6.45) is 1.05. The van der Waals surface area contributed by atoms with Crippen molar-refractivity contribution in [1.82, 2.24) is 4.90 Å². The molecule has 29 heavy (non-hydrogen) atoms. The maximum atomic E-state index is 13.2. The second-order valence-corrected chi connectivity index (χ2v) is 7.16. The molecule has 1 saturated heterocycles. The first-order chi connectivity index (χ1) is 13.9. The fourth-order valence-corrected chi connectivity index (χ4v) is 3.66. The smallest absolute Gasteiger partial charge is 0.329 e. The van der Waals surface area contributed by atoms with E-state index in [1.807, 2.05) is 0 Å². The highest BCUT2D eigenvalue weighted by Crippen LogP contribution is 2.25. The standard InChI is InChI=1S/C18H16FN3O6S/c19-11-5-6-12(14(9-11)22(26)27)20-16(23)10-28-18(25)13-3-1-7-21(13)17(24)15-4-2-8-29-15/h2,4-6,8-9,13H,1,3,7,10H2,(H,20,23)/t13-/m0/s1. The predicted molar refractivity (Wildman–Crippen MR) is 101 cm³/mol. The van der Waals surface area contributed by atoms with Crippen molar-refractivity contribution in [2.45, 2.75) is 18.9 Å². The topological polar surface area (TPSA) is 119 Å². The molecule has 2 aromatic rings. The summed E-state index contributed by atoms with van der Waals surface area (Å²) in [6.45, 7) is -0.282. The van der Waals surface area contributed by atoms with E-state index in [-0.39, 0.29) is 11.6 Å². The fraction of sp³-hybridized carbons (Fsp3) is 0.278. The SMILES string of the molecule is O=C(COC(=O)[C@@H]1CCCN1C(=O)c1cccs1)Nc1ccc(F)cc1[N+](=O)[O-]. The van der Waals surface area contributed by atoms with Crippen LogP contribution < -0.4 is 5.32 Å². The second-order valence-electron chi connectivity index (χ2n) is 6.21. The molecule has 1 aromatic heterocycles. The van der Waals surface area contributed by atoms with Crippen LogP contribution in [0.3, 0.4) is 0 Å². The van der Waals surface area contributed by atoms with Gasteiger partial charge in [-0.05, 0) is 36.4 Å². The van der Waals surface area contributed by atoms with E-state index in [4.69, 9.17) is 4.74 Å². The van der Waals surface area contributed by atoms with Gasteiger partial charge in [-0.15, -0.1) is 11.3 Å². The molecule has 9 nitrogen and oxygen atoms in total. The van der Waals surface area contributed by atoms with Crippen molar-refractivity contribution in [3.05, 3.63) is 56.5 Å². The molecule has 2 amide bonds. The van der Waals surface area contributed by atoms with Crippen LogP contribution in [-0.4, -0.2) is 46.8 Å². The van der Waals surface area contributed by atoms with E-state index in [1.165, 1.54) is 16.2 Å². The summed E-state index contributed by atoms with van der Waals surface area (Å²) in [7, 11) is 0. The molecule has 0 radical (unpaired) electrons. The number of likely N-dealkylation sites (tertiary alicyclic amines) is 1. The van der Waals surface area contributed by atoms with Crippen molar-refractivity contribution in [2.24, 2.45) is 0 Å². The van der Waals surface area contributed by atoms with Crippen molar-refractivity contribution in [3.8, 4) is 0 Å². The number of carbonyl (C=O) groups is 3. The Labute approximate surface area is 168 Å². The van der Waals surface area contributed by atoms with Gasteiger partial charge in [0.05, 0.1) is 15.9 Å². The minimum absolute atomic E-state index is 0.215. The largest absolute Gasteiger partial charge is 0.454 e. The van der Waals surface area contributed by atoms with E-state index in [0.717, 1.165) is 12.1 Å². The van der Waals surface area contributed by atoms with E-state index in [2.05, 4.69) is 5.32 Å². The van der Waals surface area contributed by atoms with Gasteiger partial charge in [-0.25, -0.2) is 9.18 Å². The molecular weight excluding hydrogens is 405 g/mol. The van der Waals surface area contributed by atoms with Crippen LogP contribution in [0.4, 0.5) is 15.8 Å². The van der Waals surface area contributed by atoms with Crippen molar-refractivity contribution in [3.63, 3.8) is 0 Å². The highest BCUT2D eigenvalue weighted by Gasteiger charge is 2.36. The number of nitrogens with zero attached hydrogens (tertiary/aromatic N) is 2. The first-order valence-corrected chi connectivity index (χ1v) is 9.49. The lowest BCUT2D eigenvalue weighted by Gasteiger charge is -2.22. The highest BCUT2D eigenvalue weighted by molar-refractivity contribution is 7.12. The third kappa shape index (κ3) is 4.74. The lowest BCUT2D eigenvalue weighted by Crippen LogP contribution is -2.41. The number of carbonyl (C=O) groups excluding carboxylic acids is 3. The van der Waals surface area contributed by atoms with Crippen LogP contribution >= 0.6 is 11.3 Å². The molecule has 0 unspecified atom stereocenters. The molecule has 11 heteroatoms. The van der Waals surface area contributed by atoms with Crippen LogP contribution in [0.15, 0.2) is 35.7 Å². The Balaban J connectivity index is 1.58. The van der Waals surface area contributed by atoms with Crippen LogP contribution in [0.1, 0.15) is 22.5 Å². The summed E-state index contributed by atoms with van der Waals surface area (Å²) < 4.78 is 18.2. The lowest BCUT2D eigenvalue weighted by molar-refractivity contribution is -0.384. The van der Waals surface area contributed by atoms with Crippen LogP contribution in [0.2, 0.25) is 0 Å². The number of nitrogens with one attached hydrogen (secondary N) is 1. The zero-order valence-electron chi connectivity index (χ0n) is 15.0. The number of halogens is 1. The van der Waals surface area contributed by atoms with E-state index in [1.54, 1.807) is 17.5 Å². The number of ether oxygens (including phenoxy) is 1. The van der Waals surface area contributed by atoms with Crippen molar-refractivity contribution in [1.29, 1.82) is 0 Å². The number of anilines is 1. The minimum atomic E-state index is -0.836. The molecule has 1 aromatic carbocycles. The Morgan fingerprint density at radius 3 is 2.83 bits per heavy atom. The van der Waals surface area contributed by atoms with Gasteiger partial charge in [-0.1, -0.05) is 6.07 Å². The van der Waals surface area contributed by atoms with Gasteiger partial charge in [0, 0.05) is 6.54 Å². The quantitative estimate of drug-likeness (QED) is 0.435. The summed E-state index contributed by atoms with van der Waals surface area (Å²) in [4.78, 5) is 48.9. The zero-order valence-corrected chi connectivity index (χ0v) is 15.8. The normalized spacial score (nSPS) is 15.8. The Morgan fingerprint density at radius 2 is 2.14 bits per heavy atom. The lowest BCUT2D eigenvalue weighted by atomic mass is 10.2. The van der Waals surface area contributed by atoms with Gasteiger partial charge in [-0.3, -0.25) is 19.7 Å². The number of esters is 1. The molecule has 0 aliphatic carbocycles. The number of nitro groups is 1. The first kappa shape index (κ1) is 20.4. The summed E-state index contributed by atoms with van der Waals surface area (Å²) in [5.41, 5.74) is -0.832. The van der Waals surface area contributed by atoms with Crippen molar-refractivity contribution >= 4 is 40.5 Å². The number of amides is 2. The van der Waals surface area contributed by atoms with Crippen LogP contribution in [-0.2, 0) is 14.3 Å². The average Bonchev–Trinajstić information content (AvgIpc) is 3.38. The monoisotopic (exact) mass is 421 g/mol.